The minimum absolute atomic E-state index is 0.131. The maximum absolute atomic E-state index is 6.39. The van der Waals surface area contributed by atoms with Gasteiger partial charge in [0.05, 0.1) is 0 Å². The second-order valence-electron chi connectivity index (χ2n) is 11.8. The molecule has 0 fully saturated rings. The third kappa shape index (κ3) is 5.15. The summed E-state index contributed by atoms with van der Waals surface area (Å²) in [6.45, 7) is 11.0. The SMILES string of the molecule is Cc1ccc2c(n1)[se]c1c(-c3cccc(Oc4cccc(-c5nccn5-c5c(C(C)C)cccc5C(C)C)c4)n3)cccc12. The molecule has 218 valence electrons. The van der Waals surface area contributed by atoms with Crippen LogP contribution in [-0.2, 0) is 0 Å². The van der Waals surface area contributed by atoms with Gasteiger partial charge in [0.1, 0.15) is 0 Å². The van der Waals surface area contributed by atoms with Gasteiger partial charge in [-0.1, -0.05) is 45.9 Å². The molecule has 7 rings (SSSR count). The van der Waals surface area contributed by atoms with Gasteiger partial charge in [0.2, 0.25) is 0 Å². The van der Waals surface area contributed by atoms with Crippen LogP contribution in [0.2, 0.25) is 0 Å². The number of aromatic nitrogens is 4. The Kier molecular flexibility index (Phi) is 7.41. The first-order chi connectivity index (χ1) is 21.4. The molecule has 6 heteroatoms. The van der Waals surface area contributed by atoms with E-state index in [1.54, 1.807) is 0 Å². The maximum atomic E-state index is 6.39. The van der Waals surface area contributed by atoms with Gasteiger partial charge in [-0.15, -0.1) is 0 Å². The predicted octanol–water partition coefficient (Wildman–Crippen LogP) is 9.71. The van der Waals surface area contributed by atoms with E-state index >= 15 is 0 Å². The molecule has 4 aromatic heterocycles. The number of pyridine rings is 2. The van der Waals surface area contributed by atoms with Crippen molar-refractivity contribution in [1.82, 2.24) is 19.5 Å². The molecule has 0 radical (unpaired) electrons. The Bertz CT molecular complexity index is 2110. The summed E-state index contributed by atoms with van der Waals surface area (Å²) in [6.07, 6.45) is 3.94. The normalized spacial score (nSPS) is 11.7. The van der Waals surface area contributed by atoms with E-state index in [-0.39, 0.29) is 14.5 Å². The van der Waals surface area contributed by atoms with Crippen LogP contribution < -0.4 is 4.74 Å². The van der Waals surface area contributed by atoms with Gasteiger partial charge in [-0.2, -0.15) is 0 Å². The molecule has 5 nitrogen and oxygen atoms in total. The quantitative estimate of drug-likeness (QED) is 0.163. The van der Waals surface area contributed by atoms with Crippen LogP contribution in [0.25, 0.3) is 47.8 Å². The summed E-state index contributed by atoms with van der Waals surface area (Å²) in [5, 5.41) is 2.51. The van der Waals surface area contributed by atoms with Gasteiger partial charge in [0.15, 0.2) is 0 Å². The van der Waals surface area contributed by atoms with Crippen LogP contribution in [0.3, 0.4) is 0 Å². The van der Waals surface area contributed by atoms with Crippen molar-refractivity contribution in [2.24, 2.45) is 0 Å². The molecule has 0 saturated heterocycles. The van der Waals surface area contributed by atoms with Crippen LogP contribution in [0.5, 0.6) is 11.6 Å². The summed E-state index contributed by atoms with van der Waals surface area (Å²) < 4.78 is 11.1. The van der Waals surface area contributed by atoms with E-state index in [9.17, 15) is 0 Å². The molecular weight excluding hydrogens is 607 g/mol. The van der Waals surface area contributed by atoms with E-state index in [0.29, 0.717) is 17.7 Å². The number of hydrogen-bond acceptors (Lipinski definition) is 4. The molecule has 4 heterocycles. The molecular formula is C38H34N4OSe. The molecule has 0 aliphatic heterocycles. The molecule has 7 aromatic rings. The second kappa shape index (κ2) is 11.5. The van der Waals surface area contributed by atoms with E-state index < -0.39 is 0 Å². The van der Waals surface area contributed by atoms with Gasteiger partial charge < -0.3 is 0 Å². The Morgan fingerprint density at radius 2 is 1.50 bits per heavy atom. The Morgan fingerprint density at radius 1 is 0.750 bits per heavy atom. The fourth-order valence-electron chi connectivity index (χ4n) is 5.90. The van der Waals surface area contributed by atoms with Crippen molar-refractivity contribution >= 4 is 33.9 Å². The molecule has 0 bridgehead atoms. The first-order valence-electron chi connectivity index (χ1n) is 15.1. The van der Waals surface area contributed by atoms with Crippen LogP contribution >= 0.6 is 0 Å². The average molecular weight is 642 g/mol. The summed E-state index contributed by atoms with van der Waals surface area (Å²) in [4.78, 5) is 14.6. The number of nitrogens with zero attached hydrogens (tertiary/aromatic N) is 4. The van der Waals surface area contributed by atoms with Crippen molar-refractivity contribution in [1.29, 1.82) is 0 Å². The molecule has 0 atom stereocenters. The Labute approximate surface area is 264 Å². The molecule has 0 amide bonds. The summed E-state index contributed by atoms with van der Waals surface area (Å²) in [6, 6.07) is 31.5. The molecule has 44 heavy (non-hydrogen) atoms. The zero-order valence-electron chi connectivity index (χ0n) is 25.6. The van der Waals surface area contributed by atoms with Gasteiger partial charge in [-0.3, -0.25) is 0 Å². The first kappa shape index (κ1) is 28.3. The topological polar surface area (TPSA) is 52.8 Å². The first-order valence-corrected chi connectivity index (χ1v) is 16.8. The third-order valence-electron chi connectivity index (χ3n) is 8.04. The van der Waals surface area contributed by atoms with Crippen LogP contribution in [0.15, 0.2) is 103 Å². The van der Waals surface area contributed by atoms with Gasteiger partial charge in [0.25, 0.3) is 0 Å². The van der Waals surface area contributed by atoms with Gasteiger partial charge in [-0.25, -0.2) is 0 Å². The molecule has 0 saturated carbocycles. The van der Waals surface area contributed by atoms with E-state index in [2.05, 4.69) is 106 Å². The minimum atomic E-state index is 0.131. The molecule has 3 aromatic carbocycles. The van der Waals surface area contributed by atoms with Crippen molar-refractivity contribution < 1.29 is 4.74 Å². The fourth-order valence-corrected chi connectivity index (χ4v) is 8.51. The number of rotatable bonds is 7. The van der Waals surface area contributed by atoms with E-state index in [4.69, 9.17) is 19.7 Å². The summed E-state index contributed by atoms with van der Waals surface area (Å²) in [5.74, 6) is 2.93. The third-order valence-corrected chi connectivity index (χ3v) is 10.5. The molecule has 0 N–H and O–H groups in total. The van der Waals surface area contributed by atoms with Gasteiger partial charge >= 0.3 is 196 Å². The monoisotopic (exact) mass is 642 g/mol. The van der Waals surface area contributed by atoms with E-state index in [1.165, 1.54) is 36.2 Å². The Hall–Kier alpha value is -4.51. The Balaban J connectivity index is 1.24. The number of imidazole rings is 1. The Morgan fingerprint density at radius 3 is 2.30 bits per heavy atom. The van der Waals surface area contributed by atoms with E-state index in [1.807, 2.05) is 36.5 Å². The zero-order chi connectivity index (χ0) is 30.4. The zero-order valence-corrected chi connectivity index (χ0v) is 27.3. The van der Waals surface area contributed by atoms with Crippen molar-refractivity contribution in [3.8, 4) is 40.0 Å². The summed E-state index contributed by atoms with van der Waals surface area (Å²) >= 11 is 0.131. The number of benzene rings is 3. The van der Waals surface area contributed by atoms with Gasteiger partial charge in [0, 0.05) is 0 Å². The van der Waals surface area contributed by atoms with Crippen molar-refractivity contribution in [3.05, 3.63) is 120 Å². The second-order valence-corrected chi connectivity index (χ2v) is 13.9. The van der Waals surface area contributed by atoms with Crippen molar-refractivity contribution in [2.45, 2.75) is 46.5 Å². The van der Waals surface area contributed by atoms with Crippen LogP contribution in [0, 0.1) is 6.92 Å². The van der Waals surface area contributed by atoms with Crippen molar-refractivity contribution in [3.63, 3.8) is 0 Å². The fraction of sp³-hybridized carbons (Fsp3) is 0.184. The standard InChI is InChI=1S/C38H34N4OSe/c1-23(2)28-12-7-13-29(24(3)4)35(28)42-21-20-39-37(42)26-10-6-11-27(22-26)43-34-17-9-16-33(41-34)32-15-8-14-30-31-19-18-25(5)40-38(31)44-36(30)32/h6-24H,1-5H3. The number of para-hydroxylation sites is 1. The van der Waals surface area contributed by atoms with Crippen LogP contribution in [0.4, 0.5) is 0 Å². The number of fused-ring (bicyclic) bond motifs is 3. The van der Waals surface area contributed by atoms with Crippen LogP contribution in [-0.4, -0.2) is 34.0 Å². The predicted molar refractivity (Wildman–Crippen MR) is 181 cm³/mol. The molecule has 0 aliphatic carbocycles. The number of ether oxygens (including phenoxy) is 1. The summed E-state index contributed by atoms with van der Waals surface area (Å²) in [5.41, 5.74) is 7.94. The molecule has 0 unspecified atom stereocenters. The van der Waals surface area contributed by atoms with E-state index in [0.717, 1.165) is 34.1 Å². The van der Waals surface area contributed by atoms with Gasteiger partial charge in [-0.05, 0) is 23.0 Å². The van der Waals surface area contributed by atoms with Crippen molar-refractivity contribution in [2.75, 3.05) is 0 Å². The molecule has 0 spiro atoms. The number of hydrogen-bond donors (Lipinski definition) is 0. The average Bonchev–Trinajstić information content (AvgIpc) is 3.65. The summed E-state index contributed by atoms with van der Waals surface area (Å²) in [7, 11) is 0. The molecule has 0 aliphatic rings. The number of aryl methyl sites for hydroxylation is 1. The van der Waals surface area contributed by atoms with Crippen LogP contribution in [0.1, 0.15) is 56.4 Å².